The normalized spacial score (nSPS) is 14.1. The SMILES string of the molecule is CCCCCC(=O)Oc1cccc(N(CC)C(=O)[C@H](Cc2ccccc2)NC(=O)N2CCOCC2)c1. The highest BCUT2D eigenvalue weighted by molar-refractivity contribution is 5.99. The number of anilines is 1. The Balaban J connectivity index is 1.76. The number of rotatable bonds is 11. The summed E-state index contributed by atoms with van der Waals surface area (Å²) in [7, 11) is 0. The zero-order chi connectivity index (χ0) is 25.8. The standard InChI is InChI=1S/C28H37N3O5/c1-3-5-7-15-26(32)36-24-14-10-13-23(21-24)31(4-2)27(33)25(20-22-11-8-6-9-12-22)29-28(34)30-16-18-35-19-17-30/h6,8-14,21,25H,3-5,7,15-20H2,1-2H3,(H,29,34)/t25-/m0/s1. The molecule has 3 amide bonds. The summed E-state index contributed by atoms with van der Waals surface area (Å²) in [4.78, 5) is 42.2. The summed E-state index contributed by atoms with van der Waals surface area (Å²) in [5.41, 5.74) is 1.56. The number of amides is 3. The van der Waals surface area contributed by atoms with E-state index in [1.54, 1.807) is 34.1 Å². The molecule has 0 saturated carbocycles. The first kappa shape index (κ1) is 27.2. The van der Waals surface area contributed by atoms with Crippen LogP contribution in [0.3, 0.4) is 0 Å². The minimum atomic E-state index is -0.761. The van der Waals surface area contributed by atoms with E-state index in [0.29, 0.717) is 57.1 Å². The van der Waals surface area contributed by atoms with Crippen molar-refractivity contribution in [1.29, 1.82) is 0 Å². The van der Waals surface area contributed by atoms with E-state index in [4.69, 9.17) is 9.47 Å². The highest BCUT2D eigenvalue weighted by atomic mass is 16.5. The summed E-state index contributed by atoms with van der Waals surface area (Å²) in [6.07, 6.45) is 3.52. The zero-order valence-corrected chi connectivity index (χ0v) is 21.3. The Morgan fingerprint density at radius 2 is 1.78 bits per heavy atom. The maximum absolute atomic E-state index is 13.8. The molecule has 194 valence electrons. The Bertz CT molecular complexity index is 992. The molecule has 2 aromatic carbocycles. The molecule has 1 fully saturated rings. The number of hydrogen-bond donors (Lipinski definition) is 1. The predicted molar refractivity (Wildman–Crippen MR) is 139 cm³/mol. The van der Waals surface area contributed by atoms with Crippen LogP contribution < -0.4 is 15.0 Å². The van der Waals surface area contributed by atoms with Crippen LogP contribution in [0.2, 0.25) is 0 Å². The molecule has 0 unspecified atom stereocenters. The lowest BCUT2D eigenvalue weighted by molar-refractivity contribution is -0.134. The van der Waals surface area contributed by atoms with Crippen molar-refractivity contribution >= 4 is 23.6 Å². The van der Waals surface area contributed by atoms with Crippen LogP contribution in [-0.4, -0.2) is 61.7 Å². The zero-order valence-electron chi connectivity index (χ0n) is 21.3. The fourth-order valence-corrected chi connectivity index (χ4v) is 4.13. The number of hydrogen-bond acceptors (Lipinski definition) is 5. The van der Waals surface area contributed by atoms with E-state index >= 15 is 0 Å². The number of benzene rings is 2. The van der Waals surface area contributed by atoms with Crippen molar-refractivity contribution in [3.05, 3.63) is 60.2 Å². The first-order valence-electron chi connectivity index (χ1n) is 12.8. The summed E-state index contributed by atoms with van der Waals surface area (Å²) in [5, 5.41) is 2.95. The van der Waals surface area contributed by atoms with Gasteiger partial charge in [0.05, 0.1) is 13.2 Å². The molecule has 1 heterocycles. The number of morpholine rings is 1. The van der Waals surface area contributed by atoms with Crippen molar-refractivity contribution in [1.82, 2.24) is 10.2 Å². The largest absolute Gasteiger partial charge is 0.426 e. The number of ether oxygens (including phenoxy) is 2. The maximum atomic E-state index is 13.8. The quantitative estimate of drug-likeness (QED) is 0.287. The number of urea groups is 1. The Morgan fingerprint density at radius 3 is 2.47 bits per heavy atom. The van der Waals surface area contributed by atoms with Gasteiger partial charge < -0.3 is 24.6 Å². The molecule has 0 spiro atoms. The summed E-state index contributed by atoms with van der Waals surface area (Å²) in [6, 6.07) is 15.6. The number of nitrogens with zero attached hydrogens (tertiary/aromatic N) is 2. The molecule has 2 aromatic rings. The average molecular weight is 496 g/mol. The molecule has 8 nitrogen and oxygen atoms in total. The minimum absolute atomic E-state index is 0.227. The van der Waals surface area contributed by atoms with Gasteiger partial charge in [0.2, 0.25) is 5.91 Å². The second-order valence-corrected chi connectivity index (χ2v) is 8.80. The molecule has 1 aliphatic heterocycles. The second kappa shape index (κ2) is 14.2. The molecule has 1 atom stereocenters. The van der Waals surface area contributed by atoms with E-state index in [-0.39, 0.29) is 17.9 Å². The topological polar surface area (TPSA) is 88.2 Å². The molecule has 1 saturated heterocycles. The molecular formula is C28H37N3O5. The van der Waals surface area contributed by atoms with Crippen molar-refractivity contribution in [3.8, 4) is 5.75 Å². The molecule has 8 heteroatoms. The van der Waals surface area contributed by atoms with Gasteiger partial charge in [0.15, 0.2) is 0 Å². The van der Waals surface area contributed by atoms with Gasteiger partial charge in [0.1, 0.15) is 11.8 Å². The Kier molecular flexibility index (Phi) is 10.8. The molecule has 0 aliphatic carbocycles. The van der Waals surface area contributed by atoms with Gasteiger partial charge in [-0.15, -0.1) is 0 Å². The molecule has 36 heavy (non-hydrogen) atoms. The fourth-order valence-electron chi connectivity index (χ4n) is 4.13. The van der Waals surface area contributed by atoms with Crippen LogP contribution in [-0.2, 0) is 20.7 Å². The Morgan fingerprint density at radius 1 is 1.03 bits per heavy atom. The third-order valence-corrected chi connectivity index (χ3v) is 6.10. The Hall–Kier alpha value is -3.39. The van der Waals surface area contributed by atoms with Crippen molar-refractivity contribution in [2.45, 2.75) is 52.0 Å². The first-order chi connectivity index (χ1) is 17.5. The van der Waals surface area contributed by atoms with Crippen molar-refractivity contribution < 1.29 is 23.9 Å². The second-order valence-electron chi connectivity index (χ2n) is 8.80. The van der Waals surface area contributed by atoms with Gasteiger partial charge in [-0.2, -0.15) is 0 Å². The monoisotopic (exact) mass is 495 g/mol. The van der Waals surface area contributed by atoms with Crippen LogP contribution >= 0.6 is 0 Å². The van der Waals surface area contributed by atoms with E-state index < -0.39 is 6.04 Å². The lowest BCUT2D eigenvalue weighted by Gasteiger charge is -2.31. The number of carbonyl (C=O) groups is 3. The summed E-state index contributed by atoms with van der Waals surface area (Å²) >= 11 is 0. The van der Waals surface area contributed by atoms with Gasteiger partial charge in [-0.3, -0.25) is 9.59 Å². The van der Waals surface area contributed by atoms with Gasteiger partial charge in [-0.25, -0.2) is 4.79 Å². The molecule has 3 rings (SSSR count). The van der Waals surface area contributed by atoms with Crippen LogP contribution in [0.1, 0.15) is 45.1 Å². The predicted octanol–water partition coefficient (Wildman–Crippen LogP) is 4.18. The van der Waals surface area contributed by atoms with Crippen LogP contribution in [0.25, 0.3) is 0 Å². The van der Waals surface area contributed by atoms with Crippen LogP contribution in [0.4, 0.5) is 10.5 Å². The van der Waals surface area contributed by atoms with Crippen LogP contribution in [0.15, 0.2) is 54.6 Å². The number of unbranched alkanes of at least 4 members (excludes halogenated alkanes) is 2. The molecule has 1 N–H and O–H groups in total. The third-order valence-electron chi connectivity index (χ3n) is 6.10. The van der Waals surface area contributed by atoms with Gasteiger partial charge >= 0.3 is 12.0 Å². The molecule has 1 aliphatic rings. The van der Waals surface area contributed by atoms with E-state index in [1.165, 1.54) is 0 Å². The fraction of sp³-hybridized carbons (Fsp3) is 0.464. The van der Waals surface area contributed by atoms with Crippen LogP contribution in [0, 0.1) is 0 Å². The smallest absolute Gasteiger partial charge is 0.318 e. The average Bonchev–Trinajstić information content (AvgIpc) is 2.90. The van der Waals surface area contributed by atoms with Gasteiger partial charge in [0, 0.05) is 44.2 Å². The molecule has 0 bridgehead atoms. The van der Waals surface area contributed by atoms with Gasteiger partial charge in [0.25, 0.3) is 0 Å². The lowest BCUT2D eigenvalue weighted by Crippen LogP contribution is -2.55. The summed E-state index contributed by atoms with van der Waals surface area (Å²) in [6.45, 7) is 6.30. The maximum Gasteiger partial charge on any atom is 0.318 e. The lowest BCUT2D eigenvalue weighted by atomic mass is 10.0. The Labute approximate surface area is 213 Å². The van der Waals surface area contributed by atoms with Crippen LogP contribution in [0.5, 0.6) is 5.75 Å². The van der Waals surface area contributed by atoms with Crippen molar-refractivity contribution in [3.63, 3.8) is 0 Å². The minimum Gasteiger partial charge on any atom is -0.426 e. The molecule has 0 radical (unpaired) electrons. The van der Waals surface area contributed by atoms with Gasteiger partial charge in [-0.05, 0) is 31.0 Å². The first-order valence-corrected chi connectivity index (χ1v) is 12.8. The number of likely N-dealkylation sites (N-methyl/N-ethyl adjacent to an activating group) is 1. The van der Waals surface area contributed by atoms with E-state index in [9.17, 15) is 14.4 Å². The summed E-state index contributed by atoms with van der Waals surface area (Å²) in [5.74, 6) is -0.110. The highest BCUT2D eigenvalue weighted by Gasteiger charge is 2.29. The number of nitrogens with one attached hydrogen (secondary N) is 1. The number of carbonyl (C=O) groups excluding carboxylic acids is 3. The third kappa shape index (κ3) is 8.09. The molecular weight excluding hydrogens is 458 g/mol. The van der Waals surface area contributed by atoms with E-state index in [2.05, 4.69) is 12.2 Å². The van der Waals surface area contributed by atoms with Crippen molar-refractivity contribution in [2.75, 3.05) is 37.7 Å². The molecule has 0 aromatic heterocycles. The van der Waals surface area contributed by atoms with E-state index in [0.717, 1.165) is 24.8 Å². The van der Waals surface area contributed by atoms with Gasteiger partial charge in [-0.1, -0.05) is 56.2 Å². The summed E-state index contributed by atoms with van der Waals surface area (Å²) < 4.78 is 10.9. The highest BCUT2D eigenvalue weighted by Crippen LogP contribution is 2.23. The van der Waals surface area contributed by atoms with Crippen molar-refractivity contribution in [2.24, 2.45) is 0 Å². The van der Waals surface area contributed by atoms with E-state index in [1.807, 2.05) is 37.3 Å². The number of esters is 1.